The summed E-state index contributed by atoms with van der Waals surface area (Å²) in [5, 5.41) is 8.91. The fourth-order valence-corrected chi connectivity index (χ4v) is 2.18. The molecule has 0 aromatic heterocycles. The average Bonchev–Trinajstić information content (AvgIpc) is 2.27. The highest BCUT2D eigenvalue weighted by Gasteiger charge is 2.26. The lowest BCUT2D eigenvalue weighted by Gasteiger charge is -2.16. The molecule has 0 saturated heterocycles. The van der Waals surface area contributed by atoms with Gasteiger partial charge in [-0.25, -0.2) is 4.39 Å². The molecule has 1 unspecified atom stereocenters. The predicted molar refractivity (Wildman–Crippen MR) is 63.3 cm³/mol. The summed E-state index contributed by atoms with van der Waals surface area (Å²) in [7, 11) is 2.67. The zero-order chi connectivity index (χ0) is 13.2. The van der Waals surface area contributed by atoms with Gasteiger partial charge in [0.25, 0.3) is 0 Å². The molecule has 0 aliphatic heterocycles. The first-order valence-corrected chi connectivity index (χ1v) is 5.56. The van der Waals surface area contributed by atoms with Crippen molar-refractivity contribution in [2.75, 3.05) is 14.2 Å². The van der Waals surface area contributed by atoms with Gasteiger partial charge in [-0.2, -0.15) is 0 Å². The summed E-state index contributed by atoms with van der Waals surface area (Å²) in [5.41, 5.74) is 0.0372. The fourth-order valence-electron chi connectivity index (χ4n) is 1.46. The molecule has 17 heavy (non-hydrogen) atoms. The molecule has 0 aliphatic carbocycles. The number of hydrogen-bond donors (Lipinski definition) is 1. The molecule has 0 saturated carbocycles. The number of methoxy groups -OCH3 is 2. The molecular formula is C11H12BrFO4. The van der Waals surface area contributed by atoms with Gasteiger partial charge < -0.3 is 14.6 Å². The van der Waals surface area contributed by atoms with E-state index in [-0.39, 0.29) is 17.1 Å². The molecule has 94 valence electrons. The zero-order valence-corrected chi connectivity index (χ0v) is 11.2. The topological polar surface area (TPSA) is 55.8 Å². The van der Waals surface area contributed by atoms with Gasteiger partial charge >= 0.3 is 5.97 Å². The SMILES string of the molecule is COc1cc(Br)c(C(C)C(=O)O)c(F)c1OC. The molecule has 0 aliphatic rings. The van der Waals surface area contributed by atoms with Crippen LogP contribution in [0.1, 0.15) is 18.4 Å². The van der Waals surface area contributed by atoms with E-state index in [1.165, 1.54) is 27.2 Å². The highest BCUT2D eigenvalue weighted by Crippen LogP contribution is 2.40. The Bertz CT molecular complexity index is 448. The Labute approximate surface area is 106 Å². The summed E-state index contributed by atoms with van der Waals surface area (Å²) in [6, 6.07) is 1.48. The minimum Gasteiger partial charge on any atom is -0.493 e. The molecular weight excluding hydrogens is 295 g/mol. The minimum absolute atomic E-state index is 0.0372. The Morgan fingerprint density at radius 3 is 2.47 bits per heavy atom. The van der Waals surface area contributed by atoms with Gasteiger partial charge in [0.2, 0.25) is 0 Å². The van der Waals surface area contributed by atoms with Crippen molar-refractivity contribution in [1.82, 2.24) is 0 Å². The van der Waals surface area contributed by atoms with Crippen LogP contribution in [-0.4, -0.2) is 25.3 Å². The van der Waals surface area contributed by atoms with Crippen molar-refractivity contribution in [3.8, 4) is 11.5 Å². The maximum atomic E-state index is 14.1. The van der Waals surface area contributed by atoms with Crippen molar-refractivity contribution in [3.05, 3.63) is 21.9 Å². The standard InChI is InChI=1S/C11H12BrFO4/c1-5(11(14)15)8-6(12)4-7(16-2)10(17-3)9(8)13/h4-5H,1-3H3,(H,14,15). The summed E-state index contributed by atoms with van der Waals surface area (Å²) >= 11 is 3.13. The van der Waals surface area contributed by atoms with Gasteiger partial charge in [0.15, 0.2) is 17.3 Å². The van der Waals surface area contributed by atoms with Crippen LogP contribution in [0.25, 0.3) is 0 Å². The lowest BCUT2D eigenvalue weighted by Crippen LogP contribution is -2.11. The monoisotopic (exact) mass is 306 g/mol. The number of ether oxygens (including phenoxy) is 2. The molecule has 1 N–H and O–H groups in total. The van der Waals surface area contributed by atoms with E-state index in [0.29, 0.717) is 4.47 Å². The van der Waals surface area contributed by atoms with Crippen LogP contribution < -0.4 is 9.47 Å². The second-order valence-corrected chi connectivity index (χ2v) is 4.24. The number of carbonyl (C=O) groups is 1. The maximum Gasteiger partial charge on any atom is 0.310 e. The van der Waals surface area contributed by atoms with Crippen molar-refractivity contribution in [3.63, 3.8) is 0 Å². The fraction of sp³-hybridized carbons (Fsp3) is 0.364. The second kappa shape index (κ2) is 5.35. The summed E-state index contributed by atoms with van der Waals surface area (Å²) in [6.45, 7) is 1.40. The van der Waals surface area contributed by atoms with Gasteiger partial charge in [0, 0.05) is 10.0 Å². The van der Waals surface area contributed by atoms with Crippen LogP contribution in [0.2, 0.25) is 0 Å². The normalized spacial score (nSPS) is 12.1. The molecule has 0 bridgehead atoms. The highest BCUT2D eigenvalue weighted by atomic mass is 79.9. The molecule has 1 aromatic rings. The minimum atomic E-state index is -1.11. The predicted octanol–water partition coefficient (Wildman–Crippen LogP) is 2.79. The van der Waals surface area contributed by atoms with Crippen molar-refractivity contribution >= 4 is 21.9 Å². The Morgan fingerprint density at radius 1 is 1.47 bits per heavy atom. The van der Waals surface area contributed by atoms with E-state index in [2.05, 4.69) is 15.9 Å². The van der Waals surface area contributed by atoms with Gasteiger partial charge in [-0.1, -0.05) is 15.9 Å². The van der Waals surface area contributed by atoms with Gasteiger partial charge in [-0.3, -0.25) is 4.79 Å². The van der Waals surface area contributed by atoms with E-state index in [9.17, 15) is 9.18 Å². The Kier molecular flexibility index (Phi) is 4.34. The quantitative estimate of drug-likeness (QED) is 0.929. The zero-order valence-electron chi connectivity index (χ0n) is 9.58. The lowest BCUT2D eigenvalue weighted by atomic mass is 10.00. The third-order valence-electron chi connectivity index (χ3n) is 2.40. The molecule has 0 heterocycles. The Morgan fingerprint density at radius 2 is 2.06 bits per heavy atom. The first kappa shape index (κ1) is 13.8. The molecule has 0 radical (unpaired) electrons. The van der Waals surface area contributed by atoms with Crippen LogP contribution in [0, 0.1) is 5.82 Å². The van der Waals surface area contributed by atoms with Gasteiger partial charge in [-0.15, -0.1) is 0 Å². The van der Waals surface area contributed by atoms with Crippen LogP contribution >= 0.6 is 15.9 Å². The van der Waals surface area contributed by atoms with E-state index in [1.807, 2.05) is 0 Å². The van der Waals surface area contributed by atoms with Gasteiger partial charge in [-0.05, 0) is 13.0 Å². The molecule has 4 nitrogen and oxygen atoms in total. The van der Waals surface area contributed by atoms with E-state index in [0.717, 1.165) is 0 Å². The molecule has 0 amide bonds. The van der Waals surface area contributed by atoms with Gasteiger partial charge in [0.1, 0.15) is 0 Å². The number of benzene rings is 1. The van der Waals surface area contributed by atoms with E-state index in [4.69, 9.17) is 14.6 Å². The smallest absolute Gasteiger partial charge is 0.310 e. The Balaban J connectivity index is 3.47. The number of rotatable bonds is 4. The highest BCUT2D eigenvalue weighted by molar-refractivity contribution is 9.10. The lowest BCUT2D eigenvalue weighted by molar-refractivity contribution is -0.138. The molecule has 6 heteroatoms. The maximum absolute atomic E-state index is 14.1. The molecule has 0 fully saturated rings. The molecule has 0 spiro atoms. The van der Waals surface area contributed by atoms with E-state index >= 15 is 0 Å². The van der Waals surface area contributed by atoms with Crippen LogP contribution in [0.5, 0.6) is 11.5 Å². The average molecular weight is 307 g/mol. The van der Waals surface area contributed by atoms with Crippen LogP contribution in [0.3, 0.4) is 0 Å². The summed E-state index contributed by atoms with van der Waals surface area (Å²) < 4.78 is 24.3. The third kappa shape index (κ3) is 2.52. The van der Waals surface area contributed by atoms with E-state index in [1.54, 1.807) is 0 Å². The van der Waals surface area contributed by atoms with Crippen molar-refractivity contribution in [2.45, 2.75) is 12.8 Å². The number of aliphatic carboxylic acids is 1. The van der Waals surface area contributed by atoms with Gasteiger partial charge in [0.05, 0.1) is 20.1 Å². The number of carboxylic acids is 1. The van der Waals surface area contributed by atoms with Crippen LogP contribution in [0.4, 0.5) is 4.39 Å². The van der Waals surface area contributed by atoms with Crippen LogP contribution in [0.15, 0.2) is 10.5 Å². The largest absolute Gasteiger partial charge is 0.493 e. The van der Waals surface area contributed by atoms with Crippen molar-refractivity contribution in [1.29, 1.82) is 0 Å². The number of carboxylic acid groups (broad SMARTS) is 1. The number of halogens is 2. The molecule has 1 aromatic carbocycles. The number of hydrogen-bond acceptors (Lipinski definition) is 3. The van der Waals surface area contributed by atoms with Crippen LogP contribution in [-0.2, 0) is 4.79 Å². The summed E-state index contributed by atoms with van der Waals surface area (Å²) in [4.78, 5) is 10.9. The second-order valence-electron chi connectivity index (χ2n) is 3.38. The summed E-state index contributed by atoms with van der Waals surface area (Å²) in [6.07, 6.45) is 0. The third-order valence-corrected chi connectivity index (χ3v) is 3.06. The van der Waals surface area contributed by atoms with E-state index < -0.39 is 17.7 Å². The van der Waals surface area contributed by atoms with Crippen molar-refractivity contribution < 1.29 is 23.8 Å². The first-order chi connectivity index (χ1) is 7.93. The van der Waals surface area contributed by atoms with Crippen molar-refractivity contribution in [2.24, 2.45) is 0 Å². The Hall–Kier alpha value is -1.30. The summed E-state index contributed by atoms with van der Waals surface area (Å²) in [5.74, 6) is -2.72. The molecule has 1 atom stereocenters. The first-order valence-electron chi connectivity index (χ1n) is 4.76. The molecule has 1 rings (SSSR count).